The number of benzene rings is 1. The molecule has 0 aliphatic heterocycles. The first-order valence-electron chi connectivity index (χ1n) is 6.07. The highest BCUT2D eigenvalue weighted by atomic mass is 16.5. The van der Waals surface area contributed by atoms with Gasteiger partial charge in [-0.15, -0.1) is 0 Å². The molecule has 0 aliphatic carbocycles. The third-order valence-corrected chi connectivity index (χ3v) is 2.54. The van der Waals surface area contributed by atoms with Crippen LogP contribution in [0.4, 0.5) is 0 Å². The minimum Gasteiger partial charge on any atom is -0.497 e. The van der Waals surface area contributed by atoms with E-state index in [1.54, 1.807) is 12.1 Å². The monoisotopic (exact) mass is 253 g/mol. The van der Waals surface area contributed by atoms with E-state index in [4.69, 9.17) is 14.9 Å². The maximum Gasteiger partial charge on any atom is 0.118 e. The van der Waals surface area contributed by atoms with Crippen molar-refractivity contribution in [2.45, 2.75) is 13.0 Å². The van der Waals surface area contributed by atoms with Gasteiger partial charge in [-0.05, 0) is 24.1 Å². The summed E-state index contributed by atoms with van der Waals surface area (Å²) in [5.41, 5.74) is 5.48. The average molecular weight is 253 g/mol. The van der Waals surface area contributed by atoms with Crippen molar-refractivity contribution < 1.29 is 14.9 Å². The minimum atomic E-state index is 0.0670. The van der Waals surface area contributed by atoms with Gasteiger partial charge in [0, 0.05) is 19.7 Å². The summed E-state index contributed by atoms with van der Waals surface area (Å²) < 4.78 is 5.08. The molecule has 1 rings (SSSR count). The van der Waals surface area contributed by atoms with Crippen LogP contribution >= 0.6 is 0 Å². The molecule has 0 aromatic heterocycles. The van der Waals surface area contributed by atoms with Crippen LogP contribution in [0, 0.1) is 0 Å². The summed E-state index contributed by atoms with van der Waals surface area (Å²) in [4.78, 5) is 0. The topological polar surface area (TPSA) is 67.0 Å². The molecule has 101 valence electrons. The molecule has 0 saturated heterocycles. The van der Waals surface area contributed by atoms with Gasteiger partial charge in [0.15, 0.2) is 0 Å². The normalized spacial score (nSPS) is 10.9. The van der Waals surface area contributed by atoms with E-state index in [-0.39, 0.29) is 13.2 Å². The molecule has 5 nitrogen and oxygen atoms in total. The van der Waals surface area contributed by atoms with Crippen molar-refractivity contribution >= 4 is 0 Å². The lowest BCUT2D eigenvalue weighted by Gasteiger charge is -2.19. The number of aliphatic hydroxyl groups excluding tert-OH is 2. The Morgan fingerprint density at radius 3 is 2.39 bits per heavy atom. The lowest BCUT2D eigenvalue weighted by atomic mass is 10.2. The van der Waals surface area contributed by atoms with Crippen molar-refractivity contribution in [2.24, 2.45) is 0 Å². The van der Waals surface area contributed by atoms with Gasteiger partial charge in [-0.3, -0.25) is 0 Å². The highest BCUT2D eigenvalue weighted by Crippen LogP contribution is 2.11. The highest BCUT2D eigenvalue weighted by molar-refractivity contribution is 5.26. The first kappa shape index (κ1) is 14.9. The molecule has 1 aromatic carbocycles. The quantitative estimate of drug-likeness (QED) is 0.625. The fraction of sp³-hybridized carbons (Fsp3) is 0.538. The summed E-state index contributed by atoms with van der Waals surface area (Å²) >= 11 is 0. The van der Waals surface area contributed by atoms with Crippen LogP contribution in [-0.4, -0.2) is 48.6 Å². The molecule has 0 heterocycles. The first-order chi connectivity index (χ1) is 8.80. The van der Waals surface area contributed by atoms with E-state index in [0.717, 1.165) is 11.3 Å². The molecule has 0 amide bonds. The zero-order valence-corrected chi connectivity index (χ0v) is 10.7. The molecule has 0 unspecified atom stereocenters. The Labute approximate surface area is 108 Å². The van der Waals surface area contributed by atoms with E-state index in [1.165, 1.54) is 0 Å². The van der Waals surface area contributed by atoms with Crippen molar-refractivity contribution in [2.75, 3.05) is 33.4 Å². The van der Waals surface area contributed by atoms with E-state index in [1.807, 2.05) is 24.3 Å². The van der Waals surface area contributed by atoms with E-state index >= 15 is 0 Å². The lowest BCUT2D eigenvalue weighted by molar-refractivity contribution is 0.123. The molecule has 0 spiro atoms. The molecule has 0 atom stereocenters. The van der Waals surface area contributed by atoms with Gasteiger partial charge in [0.1, 0.15) is 5.75 Å². The summed E-state index contributed by atoms with van der Waals surface area (Å²) in [6.07, 6.45) is 0.659. The van der Waals surface area contributed by atoms with E-state index in [9.17, 15) is 0 Å². The fourth-order valence-corrected chi connectivity index (χ4v) is 1.53. The standard InChI is InChI=1S/C13H21N2O3/c1-18-13-5-3-12(4-6-13)11-14-15(8-10-17)7-2-9-16/h3-6,16-17H,2,7-11H2,1H3. The number of hydrogen-bond acceptors (Lipinski definition) is 4. The highest BCUT2D eigenvalue weighted by Gasteiger charge is 2.05. The maximum atomic E-state index is 8.92. The van der Waals surface area contributed by atoms with Crippen LogP contribution in [0.15, 0.2) is 24.3 Å². The minimum absolute atomic E-state index is 0.0670. The Hall–Kier alpha value is -1.14. The molecule has 1 radical (unpaired) electrons. The average Bonchev–Trinajstić information content (AvgIpc) is 2.42. The van der Waals surface area contributed by atoms with Crippen LogP contribution in [0.2, 0.25) is 0 Å². The summed E-state index contributed by atoms with van der Waals surface area (Å²) in [7, 11) is 1.64. The van der Waals surface area contributed by atoms with Crippen molar-refractivity contribution in [3.63, 3.8) is 0 Å². The second-order valence-corrected chi connectivity index (χ2v) is 3.90. The SMILES string of the molecule is COc1ccc(C[N]N(CCO)CCCO)cc1. The van der Waals surface area contributed by atoms with Gasteiger partial charge in [-0.2, -0.15) is 5.43 Å². The van der Waals surface area contributed by atoms with Crippen LogP contribution in [0.3, 0.4) is 0 Å². The van der Waals surface area contributed by atoms with Gasteiger partial charge in [0.25, 0.3) is 0 Å². The lowest BCUT2D eigenvalue weighted by Crippen LogP contribution is -2.35. The smallest absolute Gasteiger partial charge is 0.118 e. The van der Waals surface area contributed by atoms with Gasteiger partial charge >= 0.3 is 0 Å². The molecule has 0 aliphatic rings. The zero-order chi connectivity index (χ0) is 13.2. The second kappa shape index (κ2) is 8.88. The molecule has 0 bridgehead atoms. The van der Waals surface area contributed by atoms with Gasteiger partial charge in [-0.1, -0.05) is 12.1 Å². The van der Waals surface area contributed by atoms with Crippen LogP contribution in [0.5, 0.6) is 5.75 Å². The number of hydrogen-bond donors (Lipinski definition) is 2. The zero-order valence-electron chi connectivity index (χ0n) is 10.7. The van der Waals surface area contributed by atoms with Gasteiger partial charge in [0.05, 0.1) is 20.3 Å². The Balaban J connectivity index is 2.39. The number of aliphatic hydroxyl groups is 2. The molecule has 0 fully saturated rings. The molecule has 5 heteroatoms. The molecular formula is C13H21N2O3. The Kier molecular flexibility index (Phi) is 7.36. The molecule has 0 saturated carbocycles. The molecule has 1 aromatic rings. The number of rotatable bonds is 9. The third-order valence-electron chi connectivity index (χ3n) is 2.54. The van der Waals surface area contributed by atoms with Crippen LogP contribution < -0.4 is 10.2 Å². The van der Waals surface area contributed by atoms with Crippen LogP contribution in [0.1, 0.15) is 12.0 Å². The van der Waals surface area contributed by atoms with Crippen LogP contribution in [0.25, 0.3) is 0 Å². The Morgan fingerprint density at radius 1 is 1.11 bits per heavy atom. The predicted molar refractivity (Wildman–Crippen MR) is 69.2 cm³/mol. The van der Waals surface area contributed by atoms with E-state index in [0.29, 0.717) is 26.1 Å². The van der Waals surface area contributed by atoms with Crippen molar-refractivity contribution in [3.8, 4) is 5.75 Å². The first-order valence-corrected chi connectivity index (χ1v) is 6.07. The van der Waals surface area contributed by atoms with Crippen molar-refractivity contribution in [3.05, 3.63) is 29.8 Å². The summed E-state index contributed by atoms with van der Waals surface area (Å²) in [6.45, 7) is 1.93. The number of ether oxygens (including phenoxy) is 1. The van der Waals surface area contributed by atoms with E-state index in [2.05, 4.69) is 5.43 Å². The summed E-state index contributed by atoms with van der Waals surface area (Å²) in [5, 5.41) is 19.5. The number of methoxy groups -OCH3 is 1. The van der Waals surface area contributed by atoms with Crippen LogP contribution in [-0.2, 0) is 6.54 Å². The molecule has 2 N–H and O–H groups in total. The second-order valence-electron chi connectivity index (χ2n) is 3.90. The summed E-state index contributed by atoms with van der Waals surface area (Å²) in [5.74, 6) is 0.825. The van der Waals surface area contributed by atoms with Gasteiger partial charge in [-0.25, -0.2) is 5.01 Å². The molecular weight excluding hydrogens is 232 g/mol. The maximum absolute atomic E-state index is 8.92. The Bertz CT molecular complexity index is 317. The largest absolute Gasteiger partial charge is 0.497 e. The predicted octanol–water partition coefficient (Wildman–Crippen LogP) is 0.391. The van der Waals surface area contributed by atoms with Gasteiger partial charge in [0.2, 0.25) is 0 Å². The summed E-state index contributed by atoms with van der Waals surface area (Å²) in [6, 6.07) is 7.72. The van der Waals surface area contributed by atoms with Crippen molar-refractivity contribution in [1.82, 2.24) is 10.4 Å². The van der Waals surface area contributed by atoms with Crippen molar-refractivity contribution in [1.29, 1.82) is 0 Å². The molecule has 18 heavy (non-hydrogen) atoms. The van der Waals surface area contributed by atoms with E-state index < -0.39 is 0 Å². The van der Waals surface area contributed by atoms with Gasteiger partial charge < -0.3 is 14.9 Å². The fourth-order valence-electron chi connectivity index (χ4n) is 1.53. The third kappa shape index (κ3) is 5.46. The number of nitrogens with zero attached hydrogens (tertiary/aromatic N) is 2. The Morgan fingerprint density at radius 2 is 1.83 bits per heavy atom.